The molecule has 0 aliphatic rings. The molecule has 0 saturated heterocycles. The van der Waals surface area contributed by atoms with Crippen LogP contribution in [0.4, 0.5) is 0 Å². The average Bonchev–Trinajstić information content (AvgIpc) is 2.74. The molecule has 0 bridgehead atoms. The number of hydrogen-bond donors (Lipinski definition) is 1. The topological polar surface area (TPSA) is 42.0 Å². The van der Waals surface area contributed by atoms with Gasteiger partial charge in [0.15, 0.2) is 5.78 Å². The third-order valence-electron chi connectivity index (χ3n) is 3.09. The standard InChI is InChI=1S/C13H22N2OS/c1-8(2)11(14-5)6-9(3)13-15-12(7-17-13)10(4)16/h7-9,11,14H,6H2,1-5H3. The van der Waals surface area contributed by atoms with Crippen molar-refractivity contribution >= 4 is 17.1 Å². The van der Waals surface area contributed by atoms with Crippen molar-refractivity contribution in [1.82, 2.24) is 10.3 Å². The summed E-state index contributed by atoms with van der Waals surface area (Å²) in [5.74, 6) is 1.05. The normalized spacial score (nSPS) is 14.9. The molecule has 0 aliphatic carbocycles. The Morgan fingerprint density at radius 3 is 2.53 bits per heavy atom. The van der Waals surface area contributed by atoms with E-state index in [1.54, 1.807) is 18.3 Å². The number of carbonyl (C=O) groups excluding carboxylic acids is 1. The average molecular weight is 254 g/mol. The van der Waals surface area contributed by atoms with E-state index < -0.39 is 0 Å². The highest BCUT2D eigenvalue weighted by Gasteiger charge is 2.19. The number of aromatic nitrogens is 1. The molecule has 0 amide bonds. The molecule has 4 heteroatoms. The summed E-state index contributed by atoms with van der Waals surface area (Å²) in [5, 5.41) is 6.27. The maximum Gasteiger partial charge on any atom is 0.178 e. The van der Waals surface area contributed by atoms with E-state index in [2.05, 4.69) is 31.1 Å². The van der Waals surface area contributed by atoms with Gasteiger partial charge in [0.25, 0.3) is 0 Å². The predicted octanol–water partition coefficient (Wildman–Crippen LogP) is 3.08. The van der Waals surface area contributed by atoms with Crippen LogP contribution < -0.4 is 5.32 Å². The van der Waals surface area contributed by atoms with Gasteiger partial charge < -0.3 is 5.32 Å². The summed E-state index contributed by atoms with van der Waals surface area (Å²) < 4.78 is 0. The van der Waals surface area contributed by atoms with Crippen molar-refractivity contribution in [2.45, 2.75) is 46.1 Å². The first-order valence-electron chi connectivity index (χ1n) is 6.09. The molecule has 1 heterocycles. The Kier molecular flexibility index (Phi) is 5.28. The molecule has 17 heavy (non-hydrogen) atoms. The second-order valence-corrected chi connectivity index (χ2v) is 5.79. The summed E-state index contributed by atoms with van der Waals surface area (Å²) in [4.78, 5) is 15.6. The van der Waals surface area contributed by atoms with E-state index in [0.717, 1.165) is 11.4 Å². The molecular formula is C13H22N2OS. The first-order valence-corrected chi connectivity index (χ1v) is 6.97. The van der Waals surface area contributed by atoms with Crippen LogP contribution in [-0.4, -0.2) is 23.9 Å². The van der Waals surface area contributed by atoms with Gasteiger partial charge in [0, 0.05) is 24.3 Å². The van der Waals surface area contributed by atoms with Gasteiger partial charge >= 0.3 is 0 Å². The Hall–Kier alpha value is -0.740. The summed E-state index contributed by atoms with van der Waals surface area (Å²) in [6.07, 6.45) is 1.05. The van der Waals surface area contributed by atoms with Gasteiger partial charge in [-0.25, -0.2) is 4.98 Å². The number of hydrogen-bond acceptors (Lipinski definition) is 4. The molecule has 1 rings (SSSR count). The number of thiazole rings is 1. The van der Waals surface area contributed by atoms with Gasteiger partial charge in [0.2, 0.25) is 0 Å². The van der Waals surface area contributed by atoms with E-state index in [1.807, 2.05) is 12.4 Å². The minimum absolute atomic E-state index is 0.0497. The van der Waals surface area contributed by atoms with Crippen LogP contribution in [0.1, 0.15) is 55.5 Å². The number of Topliss-reactive ketones (excluding diaryl/α,β-unsaturated/α-hetero) is 1. The zero-order valence-corrected chi connectivity index (χ0v) is 12.1. The summed E-state index contributed by atoms with van der Waals surface area (Å²) in [7, 11) is 2.00. The van der Waals surface area contributed by atoms with E-state index in [9.17, 15) is 4.79 Å². The molecule has 0 aromatic carbocycles. The fraction of sp³-hybridized carbons (Fsp3) is 0.692. The van der Waals surface area contributed by atoms with Gasteiger partial charge in [0.05, 0.1) is 5.01 Å². The van der Waals surface area contributed by atoms with Crippen LogP contribution in [0.3, 0.4) is 0 Å². The minimum atomic E-state index is 0.0497. The van der Waals surface area contributed by atoms with Crippen LogP contribution in [-0.2, 0) is 0 Å². The molecule has 3 nitrogen and oxygen atoms in total. The first-order chi connectivity index (χ1) is 7.95. The monoisotopic (exact) mass is 254 g/mol. The number of ketones is 1. The Bertz CT molecular complexity index is 373. The lowest BCUT2D eigenvalue weighted by atomic mass is 9.94. The lowest BCUT2D eigenvalue weighted by molar-refractivity contribution is 0.101. The zero-order valence-electron chi connectivity index (χ0n) is 11.3. The quantitative estimate of drug-likeness (QED) is 0.793. The van der Waals surface area contributed by atoms with Crippen molar-refractivity contribution in [1.29, 1.82) is 0 Å². The van der Waals surface area contributed by atoms with Crippen LogP contribution >= 0.6 is 11.3 Å². The van der Waals surface area contributed by atoms with Crippen molar-refractivity contribution in [2.75, 3.05) is 7.05 Å². The second kappa shape index (κ2) is 6.26. The van der Waals surface area contributed by atoms with Crippen molar-refractivity contribution in [2.24, 2.45) is 5.92 Å². The van der Waals surface area contributed by atoms with E-state index in [1.165, 1.54) is 0 Å². The highest BCUT2D eigenvalue weighted by Crippen LogP contribution is 2.26. The third-order valence-corrected chi connectivity index (χ3v) is 4.16. The molecule has 2 unspecified atom stereocenters. The van der Waals surface area contributed by atoms with Gasteiger partial charge in [-0.15, -0.1) is 11.3 Å². The van der Waals surface area contributed by atoms with Crippen LogP contribution in [0.5, 0.6) is 0 Å². The third kappa shape index (κ3) is 3.89. The van der Waals surface area contributed by atoms with E-state index in [0.29, 0.717) is 23.6 Å². The summed E-state index contributed by atoms with van der Waals surface area (Å²) >= 11 is 1.59. The SMILES string of the molecule is CNC(CC(C)c1nc(C(C)=O)cs1)C(C)C. The van der Waals surface area contributed by atoms with E-state index >= 15 is 0 Å². The molecule has 0 aliphatic heterocycles. The van der Waals surface area contributed by atoms with Crippen molar-refractivity contribution in [3.05, 3.63) is 16.1 Å². The fourth-order valence-electron chi connectivity index (χ4n) is 1.88. The van der Waals surface area contributed by atoms with Crippen LogP contribution in [0.15, 0.2) is 5.38 Å². The Morgan fingerprint density at radius 2 is 2.12 bits per heavy atom. The second-order valence-electron chi connectivity index (χ2n) is 4.90. The summed E-state index contributed by atoms with van der Waals surface area (Å²) in [6, 6.07) is 0.495. The lowest BCUT2D eigenvalue weighted by Gasteiger charge is -2.22. The molecule has 0 fully saturated rings. The Balaban J connectivity index is 2.68. The van der Waals surface area contributed by atoms with E-state index in [4.69, 9.17) is 0 Å². The van der Waals surface area contributed by atoms with Crippen LogP contribution in [0.2, 0.25) is 0 Å². The molecule has 0 saturated carbocycles. The molecular weight excluding hydrogens is 232 g/mol. The highest BCUT2D eigenvalue weighted by molar-refractivity contribution is 7.09. The fourth-order valence-corrected chi connectivity index (χ4v) is 2.81. The maximum absolute atomic E-state index is 11.2. The van der Waals surface area contributed by atoms with Gasteiger partial charge in [-0.2, -0.15) is 0 Å². The smallest absolute Gasteiger partial charge is 0.178 e. The Labute approximate surface area is 108 Å². The molecule has 0 radical (unpaired) electrons. The number of carbonyl (C=O) groups is 1. The van der Waals surface area contributed by atoms with Crippen LogP contribution in [0.25, 0.3) is 0 Å². The van der Waals surface area contributed by atoms with Gasteiger partial charge in [-0.1, -0.05) is 20.8 Å². The highest BCUT2D eigenvalue weighted by atomic mass is 32.1. The lowest BCUT2D eigenvalue weighted by Crippen LogP contribution is -2.31. The number of rotatable bonds is 6. The summed E-state index contributed by atoms with van der Waals surface area (Å²) in [6.45, 7) is 8.18. The Morgan fingerprint density at radius 1 is 1.47 bits per heavy atom. The van der Waals surface area contributed by atoms with Gasteiger partial charge in [-0.05, 0) is 19.4 Å². The number of nitrogens with zero attached hydrogens (tertiary/aromatic N) is 1. The van der Waals surface area contributed by atoms with E-state index in [-0.39, 0.29) is 5.78 Å². The molecule has 2 atom stereocenters. The number of nitrogens with one attached hydrogen (secondary N) is 1. The molecule has 1 aromatic heterocycles. The van der Waals surface area contributed by atoms with Crippen molar-refractivity contribution in [3.63, 3.8) is 0 Å². The zero-order chi connectivity index (χ0) is 13.0. The molecule has 1 aromatic rings. The largest absolute Gasteiger partial charge is 0.317 e. The summed E-state index contributed by atoms with van der Waals surface area (Å²) in [5.41, 5.74) is 0.599. The first kappa shape index (κ1) is 14.3. The molecule has 1 N–H and O–H groups in total. The van der Waals surface area contributed by atoms with Crippen LogP contribution in [0, 0.1) is 5.92 Å². The minimum Gasteiger partial charge on any atom is -0.317 e. The molecule has 96 valence electrons. The van der Waals surface area contributed by atoms with Crippen molar-refractivity contribution < 1.29 is 4.79 Å². The van der Waals surface area contributed by atoms with Gasteiger partial charge in [-0.3, -0.25) is 4.79 Å². The molecule has 0 spiro atoms. The maximum atomic E-state index is 11.2. The van der Waals surface area contributed by atoms with Crippen molar-refractivity contribution in [3.8, 4) is 0 Å². The van der Waals surface area contributed by atoms with Gasteiger partial charge in [0.1, 0.15) is 5.69 Å². The predicted molar refractivity (Wildman–Crippen MR) is 72.8 cm³/mol.